The zero-order valence-electron chi connectivity index (χ0n) is 17.2. The summed E-state index contributed by atoms with van der Waals surface area (Å²) in [7, 11) is 0. The van der Waals surface area contributed by atoms with Crippen LogP contribution in [0.5, 0.6) is 5.75 Å². The molecule has 7 heteroatoms. The molecule has 1 aromatic carbocycles. The van der Waals surface area contributed by atoms with Crippen LogP contribution in [0, 0.1) is 5.41 Å². The molecule has 0 aliphatic carbocycles. The number of phenolic OH excluding ortho intramolecular Hbond substituents is 1. The molecule has 1 N–H and O–H groups in total. The molecule has 4 rings (SSSR count). The van der Waals surface area contributed by atoms with E-state index in [9.17, 15) is 9.90 Å². The fourth-order valence-corrected chi connectivity index (χ4v) is 4.60. The molecule has 2 aliphatic heterocycles. The molecule has 1 amide bonds. The average molecular weight is 418 g/mol. The number of piperidine rings is 1. The van der Waals surface area contributed by atoms with Crippen LogP contribution in [0.15, 0.2) is 24.4 Å². The minimum atomic E-state index is -0.457. The van der Waals surface area contributed by atoms with Crippen LogP contribution in [0.1, 0.15) is 39.2 Å². The van der Waals surface area contributed by atoms with E-state index >= 15 is 0 Å². The van der Waals surface area contributed by atoms with Crippen molar-refractivity contribution in [3.63, 3.8) is 0 Å². The second-order valence-corrected chi connectivity index (χ2v) is 9.79. The number of carbonyl (C=O) groups is 1. The minimum Gasteiger partial charge on any atom is -0.505 e. The lowest BCUT2D eigenvalue weighted by atomic mass is 9.72. The van der Waals surface area contributed by atoms with Crippen molar-refractivity contribution < 1.29 is 14.6 Å². The zero-order chi connectivity index (χ0) is 20.8. The third kappa shape index (κ3) is 4.14. The highest BCUT2D eigenvalue weighted by molar-refractivity contribution is 6.35. The number of pyridine rings is 1. The highest BCUT2D eigenvalue weighted by Gasteiger charge is 2.47. The molecule has 2 fully saturated rings. The Bertz CT molecular complexity index is 925. The van der Waals surface area contributed by atoms with Crippen LogP contribution >= 0.6 is 11.6 Å². The molecule has 2 aromatic rings. The van der Waals surface area contributed by atoms with Gasteiger partial charge in [-0.25, -0.2) is 4.79 Å². The number of phenols is 1. The number of hydrogen-bond donors (Lipinski definition) is 1. The minimum absolute atomic E-state index is 0.206. The summed E-state index contributed by atoms with van der Waals surface area (Å²) < 4.78 is 5.47. The first-order valence-electron chi connectivity index (χ1n) is 10.1. The number of hydrogen-bond acceptors (Lipinski definition) is 5. The summed E-state index contributed by atoms with van der Waals surface area (Å²) in [6, 6.07) is 5.53. The van der Waals surface area contributed by atoms with Crippen molar-refractivity contribution in [1.82, 2.24) is 14.8 Å². The van der Waals surface area contributed by atoms with Gasteiger partial charge in [0.05, 0.1) is 5.02 Å². The first-order chi connectivity index (χ1) is 13.7. The lowest BCUT2D eigenvalue weighted by molar-refractivity contribution is -0.0601. The van der Waals surface area contributed by atoms with Crippen LogP contribution < -0.4 is 0 Å². The Morgan fingerprint density at radius 3 is 2.66 bits per heavy atom. The fraction of sp³-hybridized carbons (Fsp3) is 0.545. The number of halogens is 1. The molecular weight excluding hydrogens is 390 g/mol. The van der Waals surface area contributed by atoms with E-state index in [1.165, 1.54) is 0 Å². The third-order valence-corrected chi connectivity index (χ3v) is 6.22. The van der Waals surface area contributed by atoms with Gasteiger partial charge in [-0.05, 0) is 64.9 Å². The summed E-state index contributed by atoms with van der Waals surface area (Å²) in [5.41, 5.74) is 1.11. The SMILES string of the molecule is CC(C)(C)OC(=O)N1CC2(CCN(Cc3cc(Cl)c4cccnc4c3O)CC2)C1. The van der Waals surface area contributed by atoms with Crippen molar-refractivity contribution in [1.29, 1.82) is 0 Å². The summed E-state index contributed by atoms with van der Waals surface area (Å²) in [6.07, 6.45) is 3.52. The maximum absolute atomic E-state index is 12.2. The van der Waals surface area contributed by atoms with Gasteiger partial charge < -0.3 is 14.7 Å². The van der Waals surface area contributed by atoms with Crippen molar-refractivity contribution in [2.75, 3.05) is 26.2 Å². The average Bonchev–Trinajstić information content (AvgIpc) is 2.63. The number of rotatable bonds is 2. The number of amides is 1. The number of fused-ring (bicyclic) bond motifs is 1. The van der Waals surface area contributed by atoms with Crippen molar-refractivity contribution in [2.45, 2.75) is 45.8 Å². The lowest BCUT2D eigenvalue weighted by Crippen LogP contribution is -2.62. The van der Waals surface area contributed by atoms with Gasteiger partial charge in [-0.15, -0.1) is 0 Å². The monoisotopic (exact) mass is 417 g/mol. The largest absolute Gasteiger partial charge is 0.505 e. The summed E-state index contributed by atoms with van der Waals surface area (Å²) in [6.45, 7) is 9.72. The third-order valence-electron chi connectivity index (χ3n) is 5.91. The van der Waals surface area contributed by atoms with Gasteiger partial charge in [0.2, 0.25) is 0 Å². The maximum atomic E-state index is 12.2. The van der Waals surface area contributed by atoms with E-state index in [1.807, 2.05) is 43.9 Å². The van der Waals surface area contributed by atoms with E-state index in [2.05, 4.69) is 9.88 Å². The Kier molecular flexibility index (Phi) is 5.11. The van der Waals surface area contributed by atoms with Gasteiger partial charge >= 0.3 is 6.09 Å². The highest BCUT2D eigenvalue weighted by Crippen LogP contribution is 2.42. The van der Waals surface area contributed by atoms with E-state index in [0.29, 0.717) is 17.1 Å². The Hall–Kier alpha value is -2.05. The molecule has 2 aliphatic rings. The molecule has 156 valence electrons. The van der Waals surface area contributed by atoms with Crippen LogP contribution in [0.2, 0.25) is 5.02 Å². The highest BCUT2D eigenvalue weighted by atomic mass is 35.5. The van der Waals surface area contributed by atoms with Crippen molar-refractivity contribution in [3.05, 3.63) is 35.0 Å². The van der Waals surface area contributed by atoms with Gasteiger partial charge in [-0.1, -0.05) is 11.6 Å². The van der Waals surface area contributed by atoms with Gasteiger partial charge in [-0.3, -0.25) is 9.88 Å². The fourth-order valence-electron chi connectivity index (χ4n) is 4.32. The van der Waals surface area contributed by atoms with Gasteiger partial charge in [0.25, 0.3) is 0 Å². The predicted molar refractivity (Wildman–Crippen MR) is 113 cm³/mol. The molecule has 1 spiro atoms. The molecule has 0 atom stereocenters. The van der Waals surface area contributed by atoms with Gasteiger partial charge in [0.15, 0.2) is 0 Å². The summed E-state index contributed by atoms with van der Waals surface area (Å²) in [5, 5.41) is 12.0. The number of benzene rings is 1. The predicted octanol–water partition coefficient (Wildman–Crippen LogP) is 4.43. The first kappa shape index (κ1) is 20.2. The Morgan fingerprint density at radius 2 is 2.00 bits per heavy atom. The molecule has 0 radical (unpaired) electrons. The summed E-state index contributed by atoms with van der Waals surface area (Å²) >= 11 is 6.40. The summed E-state index contributed by atoms with van der Waals surface area (Å²) in [4.78, 5) is 20.6. The van der Waals surface area contributed by atoms with Gasteiger partial charge in [-0.2, -0.15) is 0 Å². The van der Waals surface area contributed by atoms with Crippen molar-refractivity contribution in [2.24, 2.45) is 5.41 Å². The van der Waals surface area contributed by atoms with Crippen LogP contribution in [-0.2, 0) is 11.3 Å². The van der Waals surface area contributed by atoms with E-state index < -0.39 is 5.60 Å². The van der Waals surface area contributed by atoms with E-state index in [4.69, 9.17) is 16.3 Å². The molecule has 3 heterocycles. The number of carbonyl (C=O) groups excluding carboxylic acids is 1. The van der Waals surface area contributed by atoms with Crippen LogP contribution in [0.25, 0.3) is 10.9 Å². The molecule has 0 unspecified atom stereocenters. The Balaban J connectivity index is 1.35. The summed E-state index contributed by atoms with van der Waals surface area (Å²) in [5.74, 6) is 0.213. The smallest absolute Gasteiger partial charge is 0.410 e. The van der Waals surface area contributed by atoms with Crippen LogP contribution in [0.3, 0.4) is 0 Å². The van der Waals surface area contributed by atoms with E-state index in [0.717, 1.165) is 50.0 Å². The van der Waals surface area contributed by atoms with Crippen LogP contribution in [-0.4, -0.2) is 57.8 Å². The maximum Gasteiger partial charge on any atom is 0.410 e. The standard InChI is InChI=1S/C22H28ClN3O3/c1-21(2,3)29-20(28)26-13-22(14-26)6-9-25(10-7-22)12-15-11-17(23)16-5-4-8-24-18(16)19(15)27/h4-5,8,11,27H,6-7,9-10,12-14H2,1-3H3. The normalized spacial score (nSPS) is 19.4. The Morgan fingerprint density at radius 1 is 1.31 bits per heavy atom. The second kappa shape index (κ2) is 7.33. The number of nitrogens with zero attached hydrogens (tertiary/aromatic N) is 3. The number of aromatic nitrogens is 1. The first-order valence-corrected chi connectivity index (χ1v) is 10.5. The molecule has 1 aromatic heterocycles. The molecule has 29 heavy (non-hydrogen) atoms. The quantitative estimate of drug-likeness (QED) is 0.783. The molecule has 0 saturated carbocycles. The van der Waals surface area contributed by atoms with Crippen LogP contribution in [0.4, 0.5) is 4.79 Å². The van der Waals surface area contributed by atoms with Crippen molar-refractivity contribution in [3.8, 4) is 5.75 Å². The zero-order valence-corrected chi connectivity index (χ0v) is 18.0. The topological polar surface area (TPSA) is 65.9 Å². The van der Waals surface area contributed by atoms with E-state index in [1.54, 1.807) is 6.20 Å². The van der Waals surface area contributed by atoms with Gasteiger partial charge in [0, 0.05) is 42.2 Å². The second-order valence-electron chi connectivity index (χ2n) is 9.38. The molecule has 6 nitrogen and oxygen atoms in total. The molecule has 0 bridgehead atoms. The Labute approximate surface area is 176 Å². The number of ether oxygens (including phenoxy) is 1. The van der Waals surface area contributed by atoms with Crippen molar-refractivity contribution >= 4 is 28.6 Å². The molecule has 2 saturated heterocycles. The molecular formula is C22H28ClN3O3. The number of likely N-dealkylation sites (tertiary alicyclic amines) is 2. The van der Waals surface area contributed by atoms with E-state index in [-0.39, 0.29) is 17.3 Å². The lowest BCUT2D eigenvalue weighted by Gasteiger charge is -2.53. The number of aromatic hydroxyl groups is 1. The van der Waals surface area contributed by atoms with Gasteiger partial charge in [0.1, 0.15) is 16.9 Å².